The molecule has 0 unspecified atom stereocenters. The Labute approximate surface area is 171 Å². The molecule has 0 spiro atoms. The second-order valence-corrected chi connectivity index (χ2v) is 6.58. The molecule has 3 rings (SSSR count). The van der Waals surface area contributed by atoms with Crippen LogP contribution < -0.4 is 21.1 Å². The van der Waals surface area contributed by atoms with Gasteiger partial charge in [-0.25, -0.2) is 4.68 Å². The van der Waals surface area contributed by atoms with Gasteiger partial charge in [0.25, 0.3) is 5.91 Å². The number of anilines is 3. The molecule has 1 heterocycles. The molecular weight excluding hydrogens is 396 g/mol. The number of nitrogen functional groups attached to an aromatic ring is 1. The standard InChI is InChI=1S/C19H19ClN6O3/c1-11-5-3-4-6-13(11)22-16(27)10-26-18(21)17(24-25-26)19(28)23-14-9-12(20)7-8-15(14)29-2/h3-9H,10,21H2,1-2H3,(H,22,27)(H,23,28). The Morgan fingerprint density at radius 2 is 1.93 bits per heavy atom. The minimum absolute atomic E-state index is 0.0385. The van der Waals surface area contributed by atoms with Crippen LogP contribution >= 0.6 is 11.6 Å². The lowest BCUT2D eigenvalue weighted by Crippen LogP contribution is -2.21. The predicted octanol–water partition coefficient (Wildman–Crippen LogP) is 2.72. The van der Waals surface area contributed by atoms with Gasteiger partial charge >= 0.3 is 0 Å². The molecule has 0 bridgehead atoms. The van der Waals surface area contributed by atoms with Crippen molar-refractivity contribution in [2.75, 3.05) is 23.5 Å². The molecule has 9 nitrogen and oxygen atoms in total. The van der Waals surface area contributed by atoms with Gasteiger partial charge in [0.2, 0.25) is 5.91 Å². The fourth-order valence-corrected chi connectivity index (χ4v) is 2.77. The molecule has 2 aromatic carbocycles. The summed E-state index contributed by atoms with van der Waals surface area (Å²) in [6, 6.07) is 12.1. The van der Waals surface area contributed by atoms with E-state index in [1.165, 1.54) is 13.2 Å². The summed E-state index contributed by atoms with van der Waals surface area (Å²) >= 11 is 5.97. The molecule has 4 N–H and O–H groups in total. The molecule has 0 saturated heterocycles. The number of halogens is 1. The summed E-state index contributed by atoms with van der Waals surface area (Å²) in [6.07, 6.45) is 0. The van der Waals surface area contributed by atoms with E-state index in [0.29, 0.717) is 22.1 Å². The number of aryl methyl sites for hydroxylation is 1. The third kappa shape index (κ3) is 4.64. The molecule has 0 aliphatic rings. The van der Waals surface area contributed by atoms with Crippen molar-refractivity contribution in [3.8, 4) is 5.75 Å². The average molecular weight is 415 g/mol. The topological polar surface area (TPSA) is 124 Å². The number of hydrogen-bond donors (Lipinski definition) is 3. The summed E-state index contributed by atoms with van der Waals surface area (Å²) in [4.78, 5) is 24.8. The number of nitrogens with two attached hydrogens (primary N) is 1. The fourth-order valence-electron chi connectivity index (χ4n) is 2.60. The van der Waals surface area contributed by atoms with Crippen LogP contribution in [0.5, 0.6) is 5.75 Å². The maximum absolute atomic E-state index is 12.5. The zero-order chi connectivity index (χ0) is 21.0. The molecule has 10 heteroatoms. The third-order valence-corrected chi connectivity index (χ3v) is 4.35. The SMILES string of the molecule is COc1ccc(Cl)cc1NC(=O)c1nnn(CC(=O)Nc2ccccc2C)c1N. The number of carbonyl (C=O) groups excluding carboxylic acids is 2. The first kappa shape index (κ1) is 20.2. The van der Waals surface area contributed by atoms with Crippen molar-refractivity contribution < 1.29 is 14.3 Å². The van der Waals surface area contributed by atoms with Gasteiger partial charge in [0.15, 0.2) is 11.5 Å². The van der Waals surface area contributed by atoms with Crippen LogP contribution in [0.2, 0.25) is 5.02 Å². The number of carbonyl (C=O) groups is 2. The lowest BCUT2D eigenvalue weighted by Gasteiger charge is -2.10. The first-order valence-corrected chi connectivity index (χ1v) is 8.96. The van der Waals surface area contributed by atoms with Crippen molar-refractivity contribution in [3.63, 3.8) is 0 Å². The molecule has 0 atom stereocenters. The summed E-state index contributed by atoms with van der Waals surface area (Å²) in [7, 11) is 1.47. The van der Waals surface area contributed by atoms with E-state index >= 15 is 0 Å². The number of para-hydroxylation sites is 1. The highest BCUT2D eigenvalue weighted by atomic mass is 35.5. The van der Waals surface area contributed by atoms with Crippen molar-refractivity contribution >= 4 is 40.6 Å². The van der Waals surface area contributed by atoms with Gasteiger partial charge in [-0.2, -0.15) is 0 Å². The maximum atomic E-state index is 12.5. The smallest absolute Gasteiger partial charge is 0.280 e. The molecule has 0 radical (unpaired) electrons. The Bertz CT molecular complexity index is 1070. The van der Waals surface area contributed by atoms with Gasteiger partial charge < -0.3 is 21.1 Å². The molecule has 0 fully saturated rings. The summed E-state index contributed by atoms with van der Waals surface area (Å²) in [5, 5.41) is 13.4. The highest BCUT2D eigenvalue weighted by Crippen LogP contribution is 2.28. The molecule has 2 amide bonds. The number of ether oxygens (including phenoxy) is 1. The summed E-state index contributed by atoms with van der Waals surface area (Å²) in [5.41, 5.74) is 7.81. The van der Waals surface area contributed by atoms with Crippen LogP contribution in [0, 0.1) is 6.92 Å². The second-order valence-electron chi connectivity index (χ2n) is 6.14. The molecule has 0 saturated carbocycles. The largest absolute Gasteiger partial charge is 0.495 e. The van der Waals surface area contributed by atoms with Crippen LogP contribution in [0.1, 0.15) is 16.1 Å². The fraction of sp³-hybridized carbons (Fsp3) is 0.158. The Morgan fingerprint density at radius 3 is 2.66 bits per heavy atom. The van der Waals surface area contributed by atoms with Crippen molar-refractivity contribution in [2.45, 2.75) is 13.5 Å². The second kappa shape index (κ2) is 8.61. The normalized spacial score (nSPS) is 10.4. The van der Waals surface area contributed by atoms with Crippen molar-refractivity contribution in [2.24, 2.45) is 0 Å². The van der Waals surface area contributed by atoms with E-state index in [9.17, 15) is 9.59 Å². The van der Waals surface area contributed by atoms with E-state index in [-0.39, 0.29) is 24.0 Å². The molecule has 150 valence electrons. The Morgan fingerprint density at radius 1 is 1.17 bits per heavy atom. The van der Waals surface area contributed by atoms with E-state index in [1.807, 2.05) is 25.1 Å². The van der Waals surface area contributed by atoms with Crippen LogP contribution in [0.4, 0.5) is 17.2 Å². The first-order chi connectivity index (χ1) is 13.9. The monoisotopic (exact) mass is 414 g/mol. The van der Waals surface area contributed by atoms with Gasteiger partial charge in [-0.3, -0.25) is 9.59 Å². The van der Waals surface area contributed by atoms with Gasteiger partial charge in [0, 0.05) is 10.7 Å². The number of hydrogen-bond acceptors (Lipinski definition) is 6. The lowest BCUT2D eigenvalue weighted by atomic mass is 10.2. The molecule has 0 aliphatic carbocycles. The van der Waals surface area contributed by atoms with Crippen molar-refractivity contribution in [3.05, 3.63) is 58.7 Å². The number of rotatable bonds is 6. The van der Waals surface area contributed by atoms with Gasteiger partial charge in [0.1, 0.15) is 12.3 Å². The van der Waals surface area contributed by atoms with E-state index in [4.69, 9.17) is 22.1 Å². The van der Waals surface area contributed by atoms with Crippen LogP contribution in [0.15, 0.2) is 42.5 Å². The Kier molecular flexibility index (Phi) is 5.99. The highest BCUT2D eigenvalue weighted by molar-refractivity contribution is 6.31. The van der Waals surface area contributed by atoms with E-state index in [1.54, 1.807) is 18.2 Å². The number of aromatic nitrogens is 3. The third-order valence-electron chi connectivity index (χ3n) is 4.11. The number of benzene rings is 2. The Hall–Kier alpha value is -3.59. The number of nitrogens with one attached hydrogen (secondary N) is 2. The van der Waals surface area contributed by atoms with E-state index in [0.717, 1.165) is 10.2 Å². The Balaban J connectivity index is 1.72. The van der Waals surface area contributed by atoms with E-state index in [2.05, 4.69) is 20.9 Å². The quantitative estimate of drug-likeness (QED) is 0.569. The predicted molar refractivity (Wildman–Crippen MR) is 110 cm³/mol. The number of nitrogens with zero attached hydrogens (tertiary/aromatic N) is 3. The van der Waals surface area contributed by atoms with Crippen LogP contribution in [-0.4, -0.2) is 33.9 Å². The number of methoxy groups -OCH3 is 1. The lowest BCUT2D eigenvalue weighted by molar-refractivity contribution is -0.116. The van der Waals surface area contributed by atoms with Gasteiger partial charge in [-0.1, -0.05) is 35.0 Å². The van der Waals surface area contributed by atoms with Crippen LogP contribution in [0.3, 0.4) is 0 Å². The maximum Gasteiger partial charge on any atom is 0.280 e. The summed E-state index contributed by atoms with van der Waals surface area (Å²) in [5.74, 6) is -0.567. The van der Waals surface area contributed by atoms with Crippen molar-refractivity contribution in [1.29, 1.82) is 0 Å². The minimum Gasteiger partial charge on any atom is -0.495 e. The molecule has 1 aromatic heterocycles. The van der Waals surface area contributed by atoms with Crippen LogP contribution in [-0.2, 0) is 11.3 Å². The highest BCUT2D eigenvalue weighted by Gasteiger charge is 2.20. The molecule has 29 heavy (non-hydrogen) atoms. The average Bonchev–Trinajstić information content (AvgIpc) is 3.04. The summed E-state index contributed by atoms with van der Waals surface area (Å²) in [6.45, 7) is 1.69. The molecular formula is C19H19ClN6O3. The van der Waals surface area contributed by atoms with Crippen molar-refractivity contribution in [1.82, 2.24) is 15.0 Å². The zero-order valence-corrected chi connectivity index (χ0v) is 16.5. The molecule has 0 aliphatic heterocycles. The summed E-state index contributed by atoms with van der Waals surface area (Å²) < 4.78 is 6.34. The zero-order valence-electron chi connectivity index (χ0n) is 15.8. The number of amides is 2. The van der Waals surface area contributed by atoms with Gasteiger partial charge in [0.05, 0.1) is 12.8 Å². The van der Waals surface area contributed by atoms with Gasteiger partial charge in [-0.05, 0) is 36.8 Å². The first-order valence-electron chi connectivity index (χ1n) is 8.58. The van der Waals surface area contributed by atoms with E-state index < -0.39 is 5.91 Å². The van der Waals surface area contributed by atoms with Gasteiger partial charge in [-0.15, -0.1) is 5.10 Å². The van der Waals surface area contributed by atoms with Crippen LogP contribution in [0.25, 0.3) is 0 Å². The minimum atomic E-state index is -0.603. The molecule has 3 aromatic rings.